The molecule has 2 atom stereocenters. The van der Waals surface area contributed by atoms with Crippen LogP contribution in [0.25, 0.3) is 0 Å². The van der Waals surface area contributed by atoms with Crippen LogP contribution >= 0.6 is 0 Å². The lowest BCUT2D eigenvalue weighted by Crippen LogP contribution is -2.32. The zero-order chi connectivity index (χ0) is 7.72. The molecule has 0 fully saturated rings. The van der Waals surface area contributed by atoms with Gasteiger partial charge >= 0.3 is 0 Å². The molecule has 10 heavy (non-hydrogen) atoms. The van der Waals surface area contributed by atoms with Crippen LogP contribution in [0.1, 0.15) is 6.92 Å². The van der Waals surface area contributed by atoms with Crippen LogP contribution in [0.3, 0.4) is 0 Å². The summed E-state index contributed by atoms with van der Waals surface area (Å²) in [4.78, 5) is 0. The number of allylic oxidation sites excluding steroid dienone is 2. The molecule has 0 heterocycles. The molecule has 2 N–H and O–H groups in total. The van der Waals surface area contributed by atoms with Crippen LogP contribution in [-0.2, 0) is 0 Å². The predicted octanol–water partition coefficient (Wildman–Crippen LogP) is 1.47. The fourth-order valence-corrected chi connectivity index (χ4v) is 0.845. The number of rotatable bonds is 0. The normalized spacial score (nSPS) is 33.2. The van der Waals surface area contributed by atoms with Crippen molar-refractivity contribution in [1.29, 1.82) is 0 Å². The summed E-state index contributed by atoms with van der Waals surface area (Å²) in [7, 11) is 0. The Bertz CT molecular complexity index is 196. The standard InChI is InChI=1S/C7H9F2N/c1-4-5(8)2-3-6(10)7(4)9/h2-3,6-7H,10H2,1H3/t6?,7-/m1/s1. The van der Waals surface area contributed by atoms with Gasteiger partial charge in [-0.1, -0.05) is 6.08 Å². The summed E-state index contributed by atoms with van der Waals surface area (Å²) >= 11 is 0. The maximum absolute atomic E-state index is 12.7. The Hall–Kier alpha value is -0.700. The predicted molar refractivity (Wildman–Crippen MR) is 35.8 cm³/mol. The average Bonchev–Trinajstić information content (AvgIpc) is 1.93. The first kappa shape index (κ1) is 7.41. The van der Waals surface area contributed by atoms with Crippen molar-refractivity contribution >= 4 is 0 Å². The van der Waals surface area contributed by atoms with E-state index in [2.05, 4.69) is 0 Å². The van der Waals surface area contributed by atoms with Crippen molar-refractivity contribution in [2.75, 3.05) is 0 Å². The first-order chi connectivity index (χ1) is 4.63. The van der Waals surface area contributed by atoms with Gasteiger partial charge in [0.2, 0.25) is 0 Å². The van der Waals surface area contributed by atoms with Crippen molar-refractivity contribution in [1.82, 2.24) is 0 Å². The van der Waals surface area contributed by atoms with E-state index in [0.717, 1.165) is 0 Å². The molecule has 3 heteroatoms. The fraction of sp³-hybridized carbons (Fsp3) is 0.429. The minimum atomic E-state index is -1.36. The third-order valence-electron chi connectivity index (χ3n) is 1.59. The minimum Gasteiger partial charge on any atom is -0.322 e. The van der Waals surface area contributed by atoms with Crippen LogP contribution in [0.5, 0.6) is 0 Å². The molecule has 0 aromatic rings. The molecule has 0 saturated heterocycles. The molecule has 0 spiro atoms. The summed E-state index contributed by atoms with van der Waals surface area (Å²) in [6.07, 6.45) is 1.17. The first-order valence-electron chi connectivity index (χ1n) is 3.07. The summed E-state index contributed by atoms with van der Waals surface area (Å²) in [5.41, 5.74) is 5.36. The molecular formula is C7H9F2N. The summed E-state index contributed by atoms with van der Waals surface area (Å²) in [5.74, 6) is -0.505. The smallest absolute Gasteiger partial charge is 0.143 e. The Labute approximate surface area is 58.2 Å². The Morgan fingerprint density at radius 3 is 2.70 bits per heavy atom. The third-order valence-corrected chi connectivity index (χ3v) is 1.59. The Kier molecular flexibility index (Phi) is 1.85. The molecule has 0 aromatic heterocycles. The van der Waals surface area contributed by atoms with Gasteiger partial charge in [-0.25, -0.2) is 8.78 Å². The summed E-state index contributed by atoms with van der Waals surface area (Å²) in [6, 6.07) is -0.681. The second-order valence-corrected chi connectivity index (χ2v) is 2.37. The zero-order valence-electron chi connectivity index (χ0n) is 5.64. The molecule has 1 rings (SSSR count). The Morgan fingerprint density at radius 2 is 2.20 bits per heavy atom. The van der Waals surface area contributed by atoms with Crippen molar-refractivity contribution in [2.45, 2.75) is 19.1 Å². The van der Waals surface area contributed by atoms with E-state index in [9.17, 15) is 8.78 Å². The monoisotopic (exact) mass is 145 g/mol. The topological polar surface area (TPSA) is 26.0 Å². The highest BCUT2D eigenvalue weighted by molar-refractivity contribution is 5.29. The molecular weight excluding hydrogens is 136 g/mol. The molecule has 0 saturated carbocycles. The van der Waals surface area contributed by atoms with Crippen molar-refractivity contribution in [3.05, 3.63) is 23.6 Å². The molecule has 0 bridgehead atoms. The largest absolute Gasteiger partial charge is 0.322 e. The van der Waals surface area contributed by atoms with Gasteiger partial charge in [0.25, 0.3) is 0 Å². The third kappa shape index (κ3) is 1.09. The summed E-state index contributed by atoms with van der Waals surface area (Å²) in [6.45, 7) is 1.41. The van der Waals surface area contributed by atoms with Crippen LogP contribution < -0.4 is 5.73 Å². The van der Waals surface area contributed by atoms with E-state index in [1.54, 1.807) is 0 Å². The highest BCUT2D eigenvalue weighted by Gasteiger charge is 2.22. The lowest BCUT2D eigenvalue weighted by atomic mass is 10.00. The van der Waals surface area contributed by atoms with Crippen LogP contribution in [0, 0.1) is 0 Å². The van der Waals surface area contributed by atoms with Gasteiger partial charge in [0.05, 0.1) is 6.04 Å². The van der Waals surface area contributed by atoms with Crippen LogP contribution in [0.4, 0.5) is 8.78 Å². The molecule has 0 aliphatic heterocycles. The van der Waals surface area contributed by atoms with Crippen molar-refractivity contribution < 1.29 is 8.78 Å². The van der Waals surface area contributed by atoms with Crippen molar-refractivity contribution in [3.63, 3.8) is 0 Å². The molecule has 1 nitrogen and oxygen atoms in total. The number of alkyl halides is 1. The SMILES string of the molecule is CC1=C(F)C=CC(N)[C@@H]1F. The first-order valence-corrected chi connectivity index (χ1v) is 3.07. The summed E-state index contributed by atoms with van der Waals surface area (Å²) < 4.78 is 25.2. The molecule has 56 valence electrons. The highest BCUT2D eigenvalue weighted by atomic mass is 19.1. The van der Waals surface area contributed by atoms with Gasteiger partial charge in [0.15, 0.2) is 0 Å². The van der Waals surface area contributed by atoms with Gasteiger partial charge in [-0.3, -0.25) is 0 Å². The van der Waals surface area contributed by atoms with E-state index >= 15 is 0 Å². The van der Waals surface area contributed by atoms with E-state index < -0.39 is 18.0 Å². The van der Waals surface area contributed by atoms with Crippen LogP contribution in [0.15, 0.2) is 23.6 Å². The Morgan fingerprint density at radius 1 is 1.60 bits per heavy atom. The van der Waals surface area contributed by atoms with Crippen LogP contribution in [0.2, 0.25) is 0 Å². The maximum atomic E-state index is 12.7. The number of hydrogen-bond donors (Lipinski definition) is 1. The number of hydrogen-bond acceptors (Lipinski definition) is 1. The van der Waals surface area contributed by atoms with E-state index in [1.807, 2.05) is 0 Å². The molecule has 1 aliphatic rings. The lowest BCUT2D eigenvalue weighted by molar-refractivity contribution is 0.341. The van der Waals surface area contributed by atoms with E-state index in [4.69, 9.17) is 5.73 Å². The van der Waals surface area contributed by atoms with Gasteiger partial charge in [0.1, 0.15) is 12.0 Å². The van der Waals surface area contributed by atoms with Gasteiger partial charge in [0, 0.05) is 0 Å². The number of nitrogens with two attached hydrogens (primary N) is 1. The molecule has 0 radical (unpaired) electrons. The van der Waals surface area contributed by atoms with Crippen molar-refractivity contribution in [3.8, 4) is 0 Å². The molecule has 0 amide bonds. The lowest BCUT2D eigenvalue weighted by Gasteiger charge is -2.17. The minimum absolute atomic E-state index is 0.0926. The summed E-state index contributed by atoms with van der Waals surface area (Å²) in [5, 5.41) is 0. The van der Waals surface area contributed by atoms with Gasteiger partial charge in [-0.15, -0.1) is 0 Å². The second-order valence-electron chi connectivity index (χ2n) is 2.37. The van der Waals surface area contributed by atoms with E-state index in [-0.39, 0.29) is 5.57 Å². The quantitative estimate of drug-likeness (QED) is 0.548. The molecule has 1 aliphatic carbocycles. The highest BCUT2D eigenvalue weighted by Crippen LogP contribution is 2.21. The fourth-order valence-electron chi connectivity index (χ4n) is 0.845. The maximum Gasteiger partial charge on any atom is 0.143 e. The van der Waals surface area contributed by atoms with Gasteiger partial charge in [-0.05, 0) is 18.6 Å². The van der Waals surface area contributed by atoms with Gasteiger partial charge in [-0.2, -0.15) is 0 Å². The molecule has 0 aromatic carbocycles. The van der Waals surface area contributed by atoms with Crippen LogP contribution in [-0.4, -0.2) is 12.2 Å². The Balaban J connectivity index is 2.88. The molecule has 1 unspecified atom stereocenters. The van der Waals surface area contributed by atoms with Gasteiger partial charge < -0.3 is 5.73 Å². The zero-order valence-corrected chi connectivity index (χ0v) is 5.64. The van der Waals surface area contributed by atoms with E-state index in [1.165, 1.54) is 19.1 Å². The van der Waals surface area contributed by atoms with Crippen molar-refractivity contribution in [2.24, 2.45) is 5.73 Å². The van der Waals surface area contributed by atoms with E-state index in [0.29, 0.717) is 0 Å². The second kappa shape index (κ2) is 2.50. The number of halogens is 2. The average molecular weight is 145 g/mol.